The van der Waals surface area contributed by atoms with Gasteiger partial charge in [0.1, 0.15) is 0 Å². The number of aliphatic hydroxyl groups excluding tert-OH is 1. The van der Waals surface area contributed by atoms with Crippen molar-refractivity contribution in [2.24, 2.45) is 0 Å². The van der Waals surface area contributed by atoms with Crippen molar-refractivity contribution in [1.82, 2.24) is 4.98 Å². The lowest BCUT2D eigenvalue weighted by molar-refractivity contribution is 0.322. The van der Waals surface area contributed by atoms with E-state index in [1.54, 1.807) is 6.07 Å². The van der Waals surface area contributed by atoms with E-state index in [-0.39, 0.29) is 12.4 Å². The van der Waals surface area contributed by atoms with Gasteiger partial charge in [-0.05, 0) is 6.07 Å². The summed E-state index contributed by atoms with van der Waals surface area (Å²) in [4.78, 5) is 4.14. The van der Waals surface area contributed by atoms with E-state index in [0.29, 0.717) is 10.6 Å². The van der Waals surface area contributed by atoms with Gasteiger partial charge in [0, 0.05) is 16.8 Å². The van der Waals surface area contributed by atoms with Gasteiger partial charge in [-0.15, -0.1) is 11.8 Å². The molecule has 0 fully saturated rings. The molecule has 0 aliphatic carbocycles. The van der Waals surface area contributed by atoms with Crippen molar-refractivity contribution >= 4 is 11.8 Å². The van der Waals surface area contributed by atoms with Crippen molar-refractivity contribution in [2.75, 3.05) is 12.4 Å². The van der Waals surface area contributed by atoms with Crippen molar-refractivity contribution < 1.29 is 9.50 Å². The van der Waals surface area contributed by atoms with Gasteiger partial charge in [0.25, 0.3) is 0 Å². The number of hydrogen-bond acceptors (Lipinski definition) is 3. The van der Waals surface area contributed by atoms with Gasteiger partial charge in [-0.25, -0.2) is 4.39 Å². The molecule has 0 atom stereocenters. The topological polar surface area (TPSA) is 33.1 Å². The molecule has 0 aromatic carbocycles. The van der Waals surface area contributed by atoms with Crippen LogP contribution in [-0.2, 0) is 0 Å². The van der Waals surface area contributed by atoms with Gasteiger partial charge >= 0.3 is 0 Å². The normalized spacial score (nSPS) is 10.0. The highest BCUT2D eigenvalue weighted by Crippen LogP contribution is 2.19. The van der Waals surface area contributed by atoms with Crippen LogP contribution in [0.5, 0.6) is 0 Å². The fraction of sp³-hybridized carbons (Fsp3) is 0.286. The van der Waals surface area contributed by atoms with Gasteiger partial charge in [-0.2, -0.15) is 0 Å². The van der Waals surface area contributed by atoms with Crippen LogP contribution in [0.2, 0.25) is 0 Å². The first kappa shape index (κ1) is 8.49. The maximum atomic E-state index is 12.7. The number of thioether (sulfide) groups is 1. The van der Waals surface area contributed by atoms with Gasteiger partial charge in [-0.1, -0.05) is 0 Å². The minimum atomic E-state index is -0.328. The maximum Gasteiger partial charge on any atom is 0.155 e. The molecule has 1 aromatic heterocycles. The van der Waals surface area contributed by atoms with Gasteiger partial charge in [0.2, 0.25) is 0 Å². The Hall–Kier alpha value is -0.610. The maximum absolute atomic E-state index is 12.7. The Morgan fingerprint density at radius 1 is 1.64 bits per heavy atom. The summed E-state index contributed by atoms with van der Waals surface area (Å²) in [7, 11) is 0. The number of hydrogen-bond donors (Lipinski definition) is 1. The fourth-order valence-electron chi connectivity index (χ4n) is 0.635. The minimum Gasteiger partial charge on any atom is -0.396 e. The second-order valence-electron chi connectivity index (χ2n) is 1.88. The summed E-state index contributed by atoms with van der Waals surface area (Å²) in [5.41, 5.74) is 0. The van der Waals surface area contributed by atoms with Crippen molar-refractivity contribution in [3.8, 4) is 0 Å². The lowest BCUT2D eigenvalue weighted by Crippen LogP contribution is -1.88. The van der Waals surface area contributed by atoms with E-state index < -0.39 is 0 Å². The molecule has 0 saturated heterocycles. The first-order valence-corrected chi connectivity index (χ1v) is 4.16. The van der Waals surface area contributed by atoms with E-state index >= 15 is 0 Å². The molecular formula is C7H8FNOS. The van der Waals surface area contributed by atoms with E-state index in [1.165, 1.54) is 24.2 Å². The first-order chi connectivity index (χ1) is 5.34. The lowest BCUT2D eigenvalue weighted by atomic mass is 10.5. The van der Waals surface area contributed by atoms with Gasteiger partial charge in [0.05, 0.1) is 12.8 Å². The predicted octanol–water partition coefficient (Wildman–Crippen LogP) is 1.31. The number of pyridine rings is 1. The zero-order valence-electron chi connectivity index (χ0n) is 5.83. The molecule has 0 spiro atoms. The SMILES string of the molecule is OCCSc1ccncc1F. The highest BCUT2D eigenvalue weighted by Gasteiger charge is 1.99. The quantitative estimate of drug-likeness (QED) is 0.699. The molecule has 11 heavy (non-hydrogen) atoms. The lowest BCUT2D eigenvalue weighted by Gasteiger charge is -1.98. The summed E-state index contributed by atoms with van der Waals surface area (Å²) in [6.45, 7) is 0.0619. The van der Waals surface area contributed by atoms with E-state index in [0.717, 1.165) is 0 Å². The van der Waals surface area contributed by atoms with E-state index in [2.05, 4.69) is 4.98 Å². The second-order valence-corrected chi connectivity index (χ2v) is 3.01. The molecule has 4 heteroatoms. The average Bonchev–Trinajstić information content (AvgIpc) is 2.03. The van der Waals surface area contributed by atoms with Crippen LogP contribution in [0.1, 0.15) is 0 Å². The van der Waals surface area contributed by atoms with Crippen LogP contribution in [0.15, 0.2) is 23.4 Å². The third-order valence-corrected chi connectivity index (χ3v) is 2.11. The number of aromatic nitrogens is 1. The predicted molar refractivity (Wildman–Crippen MR) is 42.0 cm³/mol. The summed E-state index contributed by atoms with van der Waals surface area (Å²) in [6, 6.07) is 1.59. The zero-order valence-corrected chi connectivity index (χ0v) is 6.64. The third-order valence-electron chi connectivity index (χ3n) is 1.08. The standard InChI is InChI=1S/C7H8FNOS/c8-6-5-9-2-1-7(6)11-4-3-10/h1-2,5,10H,3-4H2. The molecule has 2 nitrogen and oxygen atoms in total. The zero-order chi connectivity index (χ0) is 8.10. The smallest absolute Gasteiger partial charge is 0.155 e. The van der Waals surface area contributed by atoms with Gasteiger partial charge in [0.15, 0.2) is 5.82 Å². The van der Waals surface area contributed by atoms with Crippen LogP contribution >= 0.6 is 11.8 Å². The highest BCUT2D eigenvalue weighted by molar-refractivity contribution is 7.99. The molecule has 0 amide bonds. The second kappa shape index (κ2) is 4.31. The monoisotopic (exact) mass is 173 g/mol. The molecule has 1 heterocycles. The molecule has 0 unspecified atom stereocenters. The molecule has 0 aliphatic heterocycles. The summed E-state index contributed by atoms with van der Waals surface area (Å²) in [5, 5.41) is 8.46. The van der Waals surface area contributed by atoms with E-state index in [1.807, 2.05) is 0 Å². The van der Waals surface area contributed by atoms with Crippen molar-refractivity contribution in [2.45, 2.75) is 4.90 Å². The van der Waals surface area contributed by atoms with Gasteiger partial charge < -0.3 is 5.11 Å². The summed E-state index contributed by atoms with van der Waals surface area (Å²) in [6.07, 6.45) is 2.70. The van der Waals surface area contributed by atoms with E-state index in [9.17, 15) is 4.39 Å². The van der Waals surface area contributed by atoms with E-state index in [4.69, 9.17) is 5.11 Å². The molecule has 1 aromatic rings. The Kier molecular flexibility index (Phi) is 3.32. The van der Waals surface area contributed by atoms with Crippen LogP contribution in [-0.4, -0.2) is 22.5 Å². The van der Waals surface area contributed by atoms with Crippen molar-refractivity contribution in [3.05, 3.63) is 24.3 Å². The summed E-state index contributed by atoms with van der Waals surface area (Å²) < 4.78 is 12.7. The number of rotatable bonds is 3. The number of nitrogens with zero attached hydrogens (tertiary/aromatic N) is 1. The molecule has 0 saturated carbocycles. The minimum absolute atomic E-state index is 0.0619. The van der Waals surface area contributed by atoms with Crippen molar-refractivity contribution in [1.29, 1.82) is 0 Å². The summed E-state index contributed by atoms with van der Waals surface area (Å²) in [5.74, 6) is 0.187. The highest BCUT2D eigenvalue weighted by atomic mass is 32.2. The third kappa shape index (κ3) is 2.48. The largest absolute Gasteiger partial charge is 0.396 e. The fourth-order valence-corrected chi connectivity index (χ4v) is 1.29. The molecule has 1 rings (SSSR count). The Labute approximate surface area is 68.5 Å². The van der Waals surface area contributed by atoms with Crippen LogP contribution in [0.25, 0.3) is 0 Å². The number of aliphatic hydroxyl groups is 1. The molecule has 0 radical (unpaired) electrons. The molecule has 0 aliphatic rings. The van der Waals surface area contributed by atoms with Gasteiger partial charge in [-0.3, -0.25) is 4.98 Å². The Bertz CT molecular complexity index is 231. The first-order valence-electron chi connectivity index (χ1n) is 3.18. The Morgan fingerprint density at radius 2 is 2.45 bits per heavy atom. The molecular weight excluding hydrogens is 165 g/mol. The molecule has 0 bridgehead atoms. The van der Waals surface area contributed by atoms with Crippen LogP contribution in [0.4, 0.5) is 4.39 Å². The molecule has 60 valence electrons. The van der Waals surface area contributed by atoms with Crippen LogP contribution < -0.4 is 0 Å². The average molecular weight is 173 g/mol. The van der Waals surface area contributed by atoms with Crippen molar-refractivity contribution in [3.63, 3.8) is 0 Å². The number of halogens is 1. The Morgan fingerprint density at radius 3 is 3.09 bits per heavy atom. The summed E-state index contributed by atoms with van der Waals surface area (Å²) >= 11 is 1.28. The molecule has 1 N–H and O–H groups in total. The van der Waals surface area contributed by atoms with Crippen LogP contribution in [0.3, 0.4) is 0 Å². The Balaban J connectivity index is 2.62. The van der Waals surface area contributed by atoms with Crippen LogP contribution in [0, 0.1) is 5.82 Å².